The van der Waals surface area contributed by atoms with Crippen LogP contribution in [-0.4, -0.2) is 6.17 Å². The molecule has 0 rings (SSSR count). The molecule has 0 aliphatic heterocycles. The smallest absolute Gasteiger partial charge is 0.116 e. The van der Waals surface area contributed by atoms with Crippen molar-refractivity contribution in [1.29, 1.82) is 0 Å². The lowest BCUT2D eigenvalue weighted by atomic mass is 10.6. The van der Waals surface area contributed by atoms with E-state index in [-0.39, 0.29) is 0 Å². The average Bonchev–Trinajstić information content (AvgIpc) is 1.38. The molecule has 0 saturated carbocycles. The van der Waals surface area contributed by atoms with Crippen LogP contribution in [0.1, 0.15) is 0 Å². The topological polar surface area (TPSA) is 52.0 Å². The highest BCUT2D eigenvalue weighted by molar-refractivity contribution is 4.91. The van der Waals surface area contributed by atoms with E-state index in [1.54, 1.807) is 0 Å². The molecule has 0 spiro atoms. The number of terminal acetylenes is 1. The van der Waals surface area contributed by atoms with Crippen LogP contribution in [0.15, 0.2) is 0 Å². The van der Waals surface area contributed by atoms with Crippen molar-refractivity contribution in [1.82, 2.24) is 0 Å². The summed E-state index contributed by atoms with van der Waals surface area (Å²) in [5.41, 5.74) is 9.67. The summed E-state index contributed by atoms with van der Waals surface area (Å²) in [4.78, 5) is 0. The third-order valence-electron chi connectivity index (χ3n) is 0.192. The van der Waals surface area contributed by atoms with Gasteiger partial charge in [0.1, 0.15) is 6.17 Å². The molecule has 0 atom stereocenters. The molecule has 0 heterocycles. The molecular weight excluding hydrogens is 64.0 g/mol. The Morgan fingerprint density at radius 3 is 1.80 bits per heavy atom. The van der Waals surface area contributed by atoms with Crippen molar-refractivity contribution in [3.05, 3.63) is 0 Å². The fraction of sp³-hybridized carbons (Fsp3) is 0.333. The monoisotopic (exact) mass is 70.1 g/mol. The number of nitrogens with two attached hydrogens (primary N) is 2. The zero-order chi connectivity index (χ0) is 4.28. The van der Waals surface area contributed by atoms with E-state index < -0.39 is 6.17 Å². The van der Waals surface area contributed by atoms with Gasteiger partial charge in [0.05, 0.1) is 0 Å². The van der Waals surface area contributed by atoms with Gasteiger partial charge in [-0.05, 0) is 0 Å². The summed E-state index contributed by atoms with van der Waals surface area (Å²) >= 11 is 0. The highest BCUT2D eigenvalue weighted by Crippen LogP contribution is 1.44. The predicted octanol–water partition coefficient (Wildman–Crippen LogP) is -1.14. The maximum absolute atomic E-state index is 4.83. The molecule has 0 radical (unpaired) electrons. The van der Waals surface area contributed by atoms with Gasteiger partial charge in [-0.15, -0.1) is 6.42 Å². The van der Waals surface area contributed by atoms with Crippen LogP contribution < -0.4 is 11.5 Å². The van der Waals surface area contributed by atoms with Crippen LogP contribution in [0.5, 0.6) is 0 Å². The summed E-state index contributed by atoms with van der Waals surface area (Å²) in [6, 6.07) is 0. The Kier molecular flexibility index (Phi) is 1.58. The summed E-state index contributed by atoms with van der Waals surface area (Å²) in [6.07, 6.45) is 4.08. The highest BCUT2D eigenvalue weighted by atomic mass is 14.8. The van der Waals surface area contributed by atoms with Gasteiger partial charge < -0.3 is 11.5 Å². The summed E-state index contributed by atoms with van der Waals surface area (Å²) in [5, 5.41) is 0. The van der Waals surface area contributed by atoms with E-state index in [2.05, 4.69) is 12.3 Å². The molecule has 0 amide bonds. The van der Waals surface area contributed by atoms with E-state index in [1.807, 2.05) is 0 Å². The van der Waals surface area contributed by atoms with Gasteiger partial charge in [-0.2, -0.15) is 0 Å². The van der Waals surface area contributed by atoms with E-state index >= 15 is 0 Å². The molecule has 2 heteroatoms. The van der Waals surface area contributed by atoms with Gasteiger partial charge in [0, 0.05) is 0 Å². The van der Waals surface area contributed by atoms with E-state index in [1.165, 1.54) is 0 Å². The maximum atomic E-state index is 4.83. The molecule has 0 saturated heterocycles. The van der Waals surface area contributed by atoms with Gasteiger partial charge in [0.15, 0.2) is 0 Å². The SMILES string of the molecule is C#CC(N)N. The number of hydrogen-bond acceptors (Lipinski definition) is 2. The van der Waals surface area contributed by atoms with E-state index in [0.717, 1.165) is 0 Å². The first kappa shape index (κ1) is 4.48. The van der Waals surface area contributed by atoms with Crippen molar-refractivity contribution in [3.8, 4) is 12.3 Å². The Balaban J connectivity index is 2.94. The quantitative estimate of drug-likeness (QED) is 0.280. The van der Waals surface area contributed by atoms with Crippen LogP contribution >= 0.6 is 0 Å². The summed E-state index contributed by atoms with van der Waals surface area (Å²) in [7, 11) is 0. The minimum absolute atomic E-state index is 0.588. The Morgan fingerprint density at radius 2 is 1.80 bits per heavy atom. The largest absolute Gasteiger partial charge is 0.306 e. The maximum Gasteiger partial charge on any atom is 0.116 e. The van der Waals surface area contributed by atoms with Crippen LogP contribution in [-0.2, 0) is 0 Å². The number of hydrogen-bond donors (Lipinski definition) is 2. The van der Waals surface area contributed by atoms with E-state index in [4.69, 9.17) is 11.5 Å². The minimum atomic E-state index is -0.588. The van der Waals surface area contributed by atoms with Crippen LogP contribution in [0.2, 0.25) is 0 Å². The van der Waals surface area contributed by atoms with E-state index in [9.17, 15) is 0 Å². The Hall–Kier alpha value is -0.520. The lowest BCUT2D eigenvalue weighted by Gasteiger charge is -1.83. The van der Waals surface area contributed by atoms with Crippen molar-refractivity contribution in [3.63, 3.8) is 0 Å². The minimum Gasteiger partial charge on any atom is -0.306 e. The third kappa shape index (κ3) is 3.48. The first-order valence-corrected chi connectivity index (χ1v) is 1.24. The first-order valence-electron chi connectivity index (χ1n) is 1.24. The lowest BCUT2D eigenvalue weighted by Crippen LogP contribution is -2.27. The second-order valence-corrected chi connectivity index (χ2v) is 0.692. The summed E-state index contributed by atoms with van der Waals surface area (Å²) in [5.74, 6) is 2.08. The van der Waals surface area contributed by atoms with Gasteiger partial charge in [0.25, 0.3) is 0 Å². The molecule has 4 N–H and O–H groups in total. The molecule has 0 aromatic rings. The van der Waals surface area contributed by atoms with Gasteiger partial charge in [0.2, 0.25) is 0 Å². The van der Waals surface area contributed by atoms with Crippen molar-refractivity contribution in [2.75, 3.05) is 0 Å². The van der Waals surface area contributed by atoms with Crippen LogP contribution in [0, 0.1) is 12.3 Å². The molecule has 0 aliphatic rings. The van der Waals surface area contributed by atoms with Crippen molar-refractivity contribution >= 4 is 0 Å². The Morgan fingerprint density at radius 1 is 1.60 bits per heavy atom. The zero-order valence-electron chi connectivity index (χ0n) is 2.81. The van der Waals surface area contributed by atoms with Crippen molar-refractivity contribution in [2.45, 2.75) is 6.17 Å². The molecule has 5 heavy (non-hydrogen) atoms. The average molecular weight is 70.1 g/mol. The standard InChI is InChI=1S/C3H6N2/c1-2-3(4)5/h1,3H,4-5H2. The van der Waals surface area contributed by atoms with Gasteiger partial charge >= 0.3 is 0 Å². The van der Waals surface area contributed by atoms with Gasteiger partial charge in [-0.25, -0.2) is 0 Å². The molecule has 0 aromatic heterocycles. The number of rotatable bonds is 0. The van der Waals surface area contributed by atoms with Crippen LogP contribution in [0.4, 0.5) is 0 Å². The molecule has 0 bridgehead atoms. The summed E-state index contributed by atoms with van der Waals surface area (Å²) in [6.45, 7) is 0. The van der Waals surface area contributed by atoms with Crippen LogP contribution in [0.3, 0.4) is 0 Å². The molecular formula is C3H6N2. The van der Waals surface area contributed by atoms with E-state index in [0.29, 0.717) is 0 Å². The highest BCUT2D eigenvalue weighted by Gasteiger charge is 1.72. The molecule has 0 unspecified atom stereocenters. The normalized spacial score (nSPS) is 7.60. The van der Waals surface area contributed by atoms with Gasteiger partial charge in [-0.3, -0.25) is 0 Å². The zero-order valence-corrected chi connectivity index (χ0v) is 2.81. The van der Waals surface area contributed by atoms with Crippen molar-refractivity contribution in [2.24, 2.45) is 11.5 Å². The molecule has 0 aliphatic carbocycles. The van der Waals surface area contributed by atoms with Crippen molar-refractivity contribution < 1.29 is 0 Å². The first-order chi connectivity index (χ1) is 2.27. The van der Waals surface area contributed by atoms with Crippen LogP contribution in [0.25, 0.3) is 0 Å². The predicted molar refractivity (Wildman–Crippen MR) is 21.0 cm³/mol. The van der Waals surface area contributed by atoms with Gasteiger partial charge in [-0.1, -0.05) is 5.92 Å². The Labute approximate surface area is 31.1 Å². The third-order valence-corrected chi connectivity index (χ3v) is 0.192. The summed E-state index contributed by atoms with van der Waals surface area (Å²) < 4.78 is 0. The molecule has 0 fully saturated rings. The second kappa shape index (κ2) is 1.77. The lowest BCUT2D eigenvalue weighted by molar-refractivity contribution is 0.908. The second-order valence-electron chi connectivity index (χ2n) is 0.692. The fourth-order valence-corrected chi connectivity index (χ4v) is 0. The Bertz CT molecular complexity index is 50.4. The molecule has 28 valence electrons. The fourth-order valence-electron chi connectivity index (χ4n) is 0. The molecule has 2 nitrogen and oxygen atoms in total. The molecule has 0 aromatic carbocycles.